The molecule has 0 saturated heterocycles. The van der Waals surface area contributed by atoms with Gasteiger partial charge in [0.1, 0.15) is 11.5 Å². The molecule has 1 amide bonds. The van der Waals surface area contributed by atoms with Crippen LogP contribution in [0.1, 0.15) is 6.92 Å². The Labute approximate surface area is 156 Å². The van der Waals surface area contributed by atoms with Crippen LogP contribution in [0.4, 0.5) is 5.69 Å². The molecule has 0 aliphatic carbocycles. The van der Waals surface area contributed by atoms with Crippen LogP contribution >= 0.6 is 23.8 Å². The minimum atomic E-state index is -0.371. The lowest BCUT2D eigenvalue weighted by Gasteiger charge is -2.12. The summed E-state index contributed by atoms with van der Waals surface area (Å²) >= 11 is 11.0. The standard InChI is InChI=1S/C17H18ClN3O3S/c1-2-23-14-6-8-15(9-7-14)24-11-16(22)20-21-17(25)19-13-5-3-4-12(18)10-13/h3-10H,2,11H2,1H3,(H,20,22)(H2,19,21,25). The fourth-order valence-electron chi connectivity index (χ4n) is 1.84. The Morgan fingerprint density at radius 1 is 1.08 bits per heavy atom. The number of carbonyl (C=O) groups excluding carboxylic acids is 1. The molecule has 132 valence electrons. The highest BCUT2D eigenvalue weighted by molar-refractivity contribution is 7.80. The number of rotatable bonds is 6. The zero-order chi connectivity index (χ0) is 18.1. The highest BCUT2D eigenvalue weighted by Gasteiger charge is 2.04. The van der Waals surface area contributed by atoms with Crippen LogP contribution in [0.25, 0.3) is 0 Å². The Balaban J connectivity index is 1.70. The molecule has 0 aliphatic rings. The predicted octanol–water partition coefficient (Wildman–Crippen LogP) is 3.14. The highest BCUT2D eigenvalue weighted by Crippen LogP contribution is 2.17. The second kappa shape index (κ2) is 9.71. The maximum Gasteiger partial charge on any atom is 0.276 e. The smallest absolute Gasteiger partial charge is 0.276 e. The van der Waals surface area contributed by atoms with Gasteiger partial charge >= 0.3 is 0 Å². The molecule has 2 aromatic carbocycles. The molecule has 0 spiro atoms. The molecule has 0 aliphatic heterocycles. The lowest BCUT2D eigenvalue weighted by Crippen LogP contribution is -2.45. The van der Waals surface area contributed by atoms with Crippen molar-refractivity contribution in [3.05, 3.63) is 53.6 Å². The van der Waals surface area contributed by atoms with Crippen molar-refractivity contribution in [1.82, 2.24) is 10.9 Å². The summed E-state index contributed by atoms with van der Waals surface area (Å²) in [6.45, 7) is 2.35. The summed E-state index contributed by atoms with van der Waals surface area (Å²) in [6.07, 6.45) is 0. The van der Waals surface area contributed by atoms with E-state index in [9.17, 15) is 4.79 Å². The van der Waals surface area contributed by atoms with Gasteiger partial charge in [-0.05, 0) is 61.6 Å². The molecule has 0 bridgehead atoms. The van der Waals surface area contributed by atoms with Gasteiger partial charge in [0.25, 0.3) is 5.91 Å². The maximum atomic E-state index is 11.8. The van der Waals surface area contributed by atoms with E-state index >= 15 is 0 Å². The van der Waals surface area contributed by atoms with Gasteiger partial charge in [0.05, 0.1) is 6.61 Å². The zero-order valence-electron chi connectivity index (χ0n) is 13.5. The number of ether oxygens (including phenoxy) is 2. The number of carbonyl (C=O) groups is 1. The first kappa shape index (κ1) is 18.8. The van der Waals surface area contributed by atoms with Crippen LogP contribution in [-0.4, -0.2) is 24.2 Å². The van der Waals surface area contributed by atoms with Crippen LogP contribution in [0.2, 0.25) is 5.02 Å². The third-order valence-corrected chi connectivity index (χ3v) is 3.34. The van der Waals surface area contributed by atoms with Crippen molar-refractivity contribution in [1.29, 1.82) is 0 Å². The summed E-state index contributed by atoms with van der Waals surface area (Å²) in [6, 6.07) is 14.1. The van der Waals surface area contributed by atoms with Gasteiger partial charge in [0, 0.05) is 10.7 Å². The highest BCUT2D eigenvalue weighted by atomic mass is 35.5. The normalized spacial score (nSPS) is 9.84. The largest absolute Gasteiger partial charge is 0.494 e. The molecule has 2 aromatic rings. The first-order valence-corrected chi connectivity index (χ1v) is 8.32. The zero-order valence-corrected chi connectivity index (χ0v) is 15.1. The summed E-state index contributed by atoms with van der Waals surface area (Å²) in [5, 5.41) is 3.71. The molecule has 6 nitrogen and oxygen atoms in total. The Morgan fingerprint density at radius 2 is 1.76 bits per heavy atom. The lowest BCUT2D eigenvalue weighted by molar-refractivity contribution is -0.123. The van der Waals surface area contributed by atoms with E-state index in [-0.39, 0.29) is 17.6 Å². The van der Waals surface area contributed by atoms with Crippen molar-refractivity contribution in [2.45, 2.75) is 6.92 Å². The van der Waals surface area contributed by atoms with Crippen LogP contribution in [0, 0.1) is 0 Å². The molecule has 0 heterocycles. The molecule has 2 rings (SSSR count). The van der Waals surface area contributed by atoms with E-state index < -0.39 is 0 Å². The summed E-state index contributed by atoms with van der Waals surface area (Å²) in [4.78, 5) is 11.8. The molecule has 25 heavy (non-hydrogen) atoms. The second-order valence-corrected chi connectivity index (χ2v) is 5.68. The third kappa shape index (κ3) is 6.86. The Kier molecular flexibility index (Phi) is 7.31. The SMILES string of the molecule is CCOc1ccc(OCC(=O)NNC(=S)Nc2cccc(Cl)c2)cc1. The molecule has 0 aromatic heterocycles. The first-order valence-electron chi connectivity index (χ1n) is 7.54. The molecule has 8 heteroatoms. The van der Waals surface area contributed by atoms with Crippen LogP contribution in [0.5, 0.6) is 11.5 Å². The quantitative estimate of drug-likeness (QED) is 0.529. The number of thiocarbonyl (C=S) groups is 1. The van der Waals surface area contributed by atoms with Crippen LogP contribution < -0.4 is 25.6 Å². The average Bonchev–Trinajstić information content (AvgIpc) is 2.60. The number of hydrazine groups is 1. The van der Waals surface area contributed by atoms with E-state index in [0.717, 1.165) is 5.75 Å². The van der Waals surface area contributed by atoms with Gasteiger partial charge in [-0.15, -0.1) is 0 Å². The second-order valence-electron chi connectivity index (χ2n) is 4.83. The van der Waals surface area contributed by atoms with Gasteiger partial charge in [0.2, 0.25) is 0 Å². The average molecular weight is 380 g/mol. The van der Waals surface area contributed by atoms with E-state index in [4.69, 9.17) is 33.3 Å². The van der Waals surface area contributed by atoms with Crippen molar-refractivity contribution < 1.29 is 14.3 Å². The molecular weight excluding hydrogens is 362 g/mol. The molecule has 0 radical (unpaired) electrons. The number of hydrogen-bond donors (Lipinski definition) is 3. The van der Waals surface area contributed by atoms with Crippen LogP contribution in [0.3, 0.4) is 0 Å². The maximum absolute atomic E-state index is 11.8. The summed E-state index contributed by atoms with van der Waals surface area (Å²) in [7, 11) is 0. The van der Waals surface area contributed by atoms with Crippen molar-refractivity contribution in [2.75, 3.05) is 18.5 Å². The fraction of sp³-hybridized carbons (Fsp3) is 0.176. The molecular formula is C17H18ClN3O3S. The van der Waals surface area contributed by atoms with E-state index in [2.05, 4.69) is 16.2 Å². The molecule has 3 N–H and O–H groups in total. The van der Waals surface area contributed by atoms with Crippen LogP contribution in [-0.2, 0) is 4.79 Å². The number of benzene rings is 2. The topological polar surface area (TPSA) is 71.6 Å². The number of amides is 1. The van der Waals surface area contributed by atoms with Crippen molar-refractivity contribution >= 4 is 40.5 Å². The van der Waals surface area contributed by atoms with Gasteiger partial charge < -0.3 is 14.8 Å². The number of hydrogen-bond acceptors (Lipinski definition) is 4. The number of halogens is 1. The Morgan fingerprint density at radius 3 is 2.40 bits per heavy atom. The molecule has 0 unspecified atom stereocenters. The summed E-state index contributed by atoms with van der Waals surface area (Å²) in [5.74, 6) is 0.945. The monoisotopic (exact) mass is 379 g/mol. The van der Waals surface area contributed by atoms with E-state index in [1.165, 1.54) is 0 Å². The van der Waals surface area contributed by atoms with Gasteiger partial charge in [-0.3, -0.25) is 15.6 Å². The fourth-order valence-corrected chi connectivity index (χ4v) is 2.20. The number of nitrogens with one attached hydrogen (secondary N) is 3. The molecule has 0 fully saturated rings. The van der Waals surface area contributed by atoms with Gasteiger partial charge in [-0.25, -0.2) is 0 Å². The van der Waals surface area contributed by atoms with Crippen molar-refractivity contribution in [3.63, 3.8) is 0 Å². The first-order chi connectivity index (χ1) is 12.1. The molecule has 0 atom stereocenters. The van der Waals surface area contributed by atoms with Crippen molar-refractivity contribution in [3.8, 4) is 11.5 Å². The minimum Gasteiger partial charge on any atom is -0.494 e. The van der Waals surface area contributed by atoms with Gasteiger partial charge in [-0.2, -0.15) is 0 Å². The van der Waals surface area contributed by atoms with Crippen LogP contribution in [0.15, 0.2) is 48.5 Å². The molecule has 0 saturated carbocycles. The summed E-state index contributed by atoms with van der Waals surface area (Å²) in [5.41, 5.74) is 5.75. The minimum absolute atomic E-state index is 0.152. The Bertz CT molecular complexity index is 725. The summed E-state index contributed by atoms with van der Waals surface area (Å²) < 4.78 is 10.7. The van der Waals surface area contributed by atoms with E-state index in [0.29, 0.717) is 23.1 Å². The van der Waals surface area contributed by atoms with E-state index in [1.807, 2.05) is 6.92 Å². The van der Waals surface area contributed by atoms with E-state index in [1.54, 1.807) is 48.5 Å². The lowest BCUT2D eigenvalue weighted by atomic mass is 10.3. The predicted molar refractivity (Wildman–Crippen MR) is 102 cm³/mol. The van der Waals surface area contributed by atoms with Gasteiger partial charge in [0.15, 0.2) is 11.7 Å². The third-order valence-electron chi connectivity index (χ3n) is 2.90. The number of anilines is 1. The van der Waals surface area contributed by atoms with Crippen molar-refractivity contribution in [2.24, 2.45) is 0 Å². The Hall–Kier alpha value is -2.51. The van der Waals surface area contributed by atoms with Gasteiger partial charge in [-0.1, -0.05) is 17.7 Å².